The van der Waals surface area contributed by atoms with Gasteiger partial charge in [-0.3, -0.25) is 9.69 Å². The summed E-state index contributed by atoms with van der Waals surface area (Å²) in [5.41, 5.74) is 1.83. The molecule has 1 aliphatic heterocycles. The molecule has 0 bridgehead atoms. The molecule has 5 nitrogen and oxygen atoms in total. The summed E-state index contributed by atoms with van der Waals surface area (Å²) in [5.74, 6) is -2.17. The number of carboxylic acid groups (broad SMARTS) is 1. The summed E-state index contributed by atoms with van der Waals surface area (Å²) in [7, 11) is 0. The first-order chi connectivity index (χ1) is 17.0. The van der Waals surface area contributed by atoms with Crippen molar-refractivity contribution in [3.8, 4) is 0 Å². The van der Waals surface area contributed by atoms with Crippen LogP contribution in [0.25, 0.3) is 10.2 Å². The van der Waals surface area contributed by atoms with Gasteiger partial charge in [-0.2, -0.15) is 13.2 Å². The predicted molar refractivity (Wildman–Crippen MR) is 133 cm³/mol. The molecule has 0 radical (unpaired) electrons. The highest BCUT2D eigenvalue weighted by atomic mass is 32.1. The van der Waals surface area contributed by atoms with E-state index in [9.17, 15) is 22.4 Å². The first kappa shape index (κ1) is 26.3. The van der Waals surface area contributed by atoms with Crippen molar-refractivity contribution < 1.29 is 27.5 Å². The Kier molecular flexibility index (Phi) is 7.85. The normalized spacial score (nSPS) is 17.2. The van der Waals surface area contributed by atoms with Crippen molar-refractivity contribution >= 4 is 32.7 Å². The van der Waals surface area contributed by atoms with E-state index in [4.69, 9.17) is 5.11 Å². The van der Waals surface area contributed by atoms with Crippen LogP contribution in [0.5, 0.6) is 0 Å². The quantitative estimate of drug-likeness (QED) is 0.353. The lowest BCUT2D eigenvalue weighted by Crippen LogP contribution is -2.53. The van der Waals surface area contributed by atoms with Crippen LogP contribution in [-0.2, 0) is 23.9 Å². The molecule has 1 saturated heterocycles. The minimum absolute atomic E-state index is 0.0180. The summed E-state index contributed by atoms with van der Waals surface area (Å²) in [4.78, 5) is 20.1. The van der Waals surface area contributed by atoms with E-state index in [1.807, 2.05) is 19.1 Å². The van der Waals surface area contributed by atoms with Gasteiger partial charge in [0.2, 0.25) is 0 Å². The van der Waals surface area contributed by atoms with Crippen molar-refractivity contribution in [2.75, 3.05) is 24.5 Å². The van der Waals surface area contributed by atoms with Crippen LogP contribution < -0.4 is 4.90 Å². The van der Waals surface area contributed by atoms with Crippen molar-refractivity contribution in [1.82, 2.24) is 9.88 Å². The zero-order valence-corrected chi connectivity index (χ0v) is 21.1. The number of piperazine rings is 1. The average Bonchev–Trinajstić information content (AvgIpc) is 3.18. The third-order valence-electron chi connectivity index (χ3n) is 6.43. The number of hydrogen-bond donors (Lipinski definition) is 1. The maximum absolute atomic E-state index is 14.1. The number of nitrogens with zero attached hydrogens (tertiary/aromatic N) is 3. The van der Waals surface area contributed by atoms with Gasteiger partial charge in [-0.05, 0) is 30.5 Å². The van der Waals surface area contributed by atoms with E-state index >= 15 is 0 Å². The molecule has 0 unspecified atom stereocenters. The first-order valence-corrected chi connectivity index (χ1v) is 12.8. The molecular weight excluding hydrogens is 494 g/mol. The SMILES string of the molecule is CCCC[C@H]1CN(Cc2cc(C)cc(CC(=O)O)c2)CCN1c1nc2cc(F)c(C(F)(F)F)cc2s1. The van der Waals surface area contributed by atoms with Gasteiger partial charge in [-0.15, -0.1) is 0 Å². The van der Waals surface area contributed by atoms with Gasteiger partial charge in [0.1, 0.15) is 5.82 Å². The van der Waals surface area contributed by atoms with E-state index in [2.05, 4.69) is 27.8 Å². The van der Waals surface area contributed by atoms with Gasteiger partial charge < -0.3 is 10.0 Å². The fraction of sp³-hybridized carbons (Fsp3) is 0.462. The molecule has 1 fully saturated rings. The lowest BCUT2D eigenvalue weighted by atomic mass is 10.0. The van der Waals surface area contributed by atoms with Gasteiger partial charge in [0.05, 0.1) is 22.2 Å². The number of carboxylic acids is 1. The van der Waals surface area contributed by atoms with E-state index < -0.39 is 23.5 Å². The highest BCUT2D eigenvalue weighted by Crippen LogP contribution is 2.38. The van der Waals surface area contributed by atoms with Crippen LogP contribution in [0, 0.1) is 12.7 Å². The number of alkyl halides is 3. The molecule has 194 valence electrons. The number of aliphatic carboxylic acids is 1. The highest BCUT2D eigenvalue weighted by molar-refractivity contribution is 7.22. The predicted octanol–water partition coefficient (Wildman–Crippen LogP) is 6.27. The average molecular weight is 524 g/mol. The topological polar surface area (TPSA) is 56.7 Å². The largest absolute Gasteiger partial charge is 0.481 e. The third-order valence-corrected chi connectivity index (χ3v) is 7.49. The van der Waals surface area contributed by atoms with Crippen LogP contribution in [0.1, 0.15) is 48.4 Å². The molecule has 36 heavy (non-hydrogen) atoms. The Balaban J connectivity index is 1.55. The number of hydrogen-bond acceptors (Lipinski definition) is 5. The lowest BCUT2D eigenvalue weighted by molar-refractivity contribution is -0.140. The van der Waals surface area contributed by atoms with Gasteiger partial charge in [-0.1, -0.05) is 54.9 Å². The van der Waals surface area contributed by atoms with Crippen molar-refractivity contribution in [3.05, 3.63) is 58.4 Å². The Hall–Kier alpha value is -2.72. The minimum atomic E-state index is -4.75. The number of benzene rings is 2. The number of anilines is 1. The molecule has 2 heterocycles. The summed E-state index contributed by atoms with van der Waals surface area (Å²) in [6, 6.07) is 7.75. The Labute approximate surface area is 211 Å². The number of carbonyl (C=O) groups is 1. The van der Waals surface area contributed by atoms with Crippen LogP contribution in [0.2, 0.25) is 0 Å². The number of aromatic nitrogens is 1. The van der Waals surface area contributed by atoms with Gasteiger partial charge >= 0.3 is 12.1 Å². The summed E-state index contributed by atoms with van der Waals surface area (Å²) in [6.45, 7) is 6.88. The Morgan fingerprint density at radius 2 is 1.92 bits per heavy atom. The highest BCUT2D eigenvalue weighted by Gasteiger charge is 2.35. The second-order valence-electron chi connectivity index (χ2n) is 9.42. The number of unbranched alkanes of at least 4 members (excludes halogenated alkanes) is 1. The monoisotopic (exact) mass is 523 g/mol. The van der Waals surface area contributed by atoms with E-state index in [1.54, 1.807) is 0 Å². The van der Waals surface area contributed by atoms with Crippen molar-refractivity contribution in [2.45, 2.75) is 58.3 Å². The van der Waals surface area contributed by atoms with Crippen LogP contribution in [0.3, 0.4) is 0 Å². The summed E-state index contributed by atoms with van der Waals surface area (Å²) < 4.78 is 53.9. The summed E-state index contributed by atoms with van der Waals surface area (Å²) in [5, 5.41) is 9.76. The zero-order chi connectivity index (χ0) is 26.0. The molecule has 1 N–H and O–H groups in total. The molecule has 0 aliphatic carbocycles. The number of aryl methyl sites for hydroxylation is 1. The lowest BCUT2D eigenvalue weighted by Gasteiger charge is -2.41. The second kappa shape index (κ2) is 10.7. The molecule has 0 saturated carbocycles. The van der Waals surface area contributed by atoms with Crippen molar-refractivity contribution in [1.29, 1.82) is 0 Å². The Bertz CT molecular complexity index is 1240. The van der Waals surface area contributed by atoms with Gasteiger partial charge in [0, 0.05) is 38.3 Å². The van der Waals surface area contributed by atoms with Crippen LogP contribution in [0.4, 0.5) is 22.7 Å². The standard InChI is InChI=1S/C26H29F4N3O2S/c1-3-4-5-19-15-32(14-18-9-16(2)8-17(10-18)11-24(34)35)6-7-33(19)25-31-22-13-21(27)20(26(28,29)30)12-23(22)36-25/h8-10,12-13,19H,3-7,11,14-15H2,1-2H3,(H,34,35)/t19-/m0/s1. The third kappa shape index (κ3) is 6.15. The molecule has 1 aromatic heterocycles. The number of halogens is 4. The van der Waals surface area contributed by atoms with E-state index in [0.29, 0.717) is 22.9 Å². The van der Waals surface area contributed by atoms with Crippen LogP contribution in [-0.4, -0.2) is 46.6 Å². The number of thiazole rings is 1. The molecule has 1 atom stereocenters. The second-order valence-corrected chi connectivity index (χ2v) is 10.4. The van der Waals surface area contributed by atoms with Gasteiger partial charge in [0.25, 0.3) is 0 Å². The molecule has 0 spiro atoms. The molecule has 3 aromatic rings. The Morgan fingerprint density at radius 3 is 2.61 bits per heavy atom. The fourth-order valence-corrected chi connectivity index (χ4v) is 5.94. The van der Waals surface area contributed by atoms with Crippen LogP contribution >= 0.6 is 11.3 Å². The van der Waals surface area contributed by atoms with E-state index in [-0.39, 0.29) is 18.0 Å². The fourth-order valence-electron chi connectivity index (χ4n) is 4.85. The first-order valence-electron chi connectivity index (χ1n) is 12.0. The maximum Gasteiger partial charge on any atom is 0.419 e. The zero-order valence-electron chi connectivity index (χ0n) is 20.2. The molecule has 4 rings (SSSR count). The number of fused-ring (bicyclic) bond motifs is 1. The molecule has 1 aliphatic rings. The van der Waals surface area contributed by atoms with Gasteiger partial charge in [-0.25, -0.2) is 9.37 Å². The minimum Gasteiger partial charge on any atom is -0.481 e. The molecule has 10 heteroatoms. The Morgan fingerprint density at radius 1 is 1.17 bits per heavy atom. The van der Waals surface area contributed by atoms with Gasteiger partial charge in [0.15, 0.2) is 5.13 Å². The number of rotatable bonds is 8. The molecule has 0 amide bonds. The summed E-state index contributed by atoms with van der Waals surface area (Å²) >= 11 is 1.17. The van der Waals surface area contributed by atoms with E-state index in [1.165, 1.54) is 11.3 Å². The summed E-state index contributed by atoms with van der Waals surface area (Å²) in [6.07, 6.45) is -1.85. The smallest absolute Gasteiger partial charge is 0.419 e. The van der Waals surface area contributed by atoms with Crippen molar-refractivity contribution in [2.24, 2.45) is 0 Å². The van der Waals surface area contributed by atoms with Crippen molar-refractivity contribution in [3.63, 3.8) is 0 Å². The maximum atomic E-state index is 14.1. The molecular formula is C26H29F4N3O2S. The van der Waals surface area contributed by atoms with Crippen LogP contribution in [0.15, 0.2) is 30.3 Å². The molecule has 2 aromatic carbocycles. The van der Waals surface area contributed by atoms with E-state index in [0.717, 1.165) is 61.2 Å².